The molecule has 2 aromatic rings. The average Bonchev–Trinajstić information content (AvgIpc) is 0.828. The lowest BCUT2D eigenvalue weighted by molar-refractivity contribution is -0.149. The van der Waals surface area contributed by atoms with E-state index >= 15 is 14.4 Å². The summed E-state index contributed by atoms with van der Waals surface area (Å²) in [7, 11) is 8.57. The number of nitrogens with zero attached hydrogens (tertiary/aromatic N) is 6. The van der Waals surface area contributed by atoms with Crippen LogP contribution in [0.15, 0.2) is 60.7 Å². The van der Waals surface area contributed by atoms with E-state index < -0.39 is 148 Å². The van der Waals surface area contributed by atoms with E-state index in [2.05, 4.69) is 37.2 Å². The van der Waals surface area contributed by atoms with Gasteiger partial charge in [-0.2, -0.15) is 0 Å². The van der Waals surface area contributed by atoms with Gasteiger partial charge in [0.15, 0.2) is 0 Å². The second-order valence-corrected chi connectivity index (χ2v) is 31.5. The van der Waals surface area contributed by atoms with E-state index in [4.69, 9.17) is 0 Å². The molecule has 0 spiro atoms. The van der Waals surface area contributed by atoms with Crippen molar-refractivity contribution in [3.8, 4) is 0 Å². The summed E-state index contributed by atoms with van der Waals surface area (Å²) in [5.74, 6) is -8.95. The Balaban J connectivity index is 2.02. The van der Waals surface area contributed by atoms with Crippen LogP contribution in [0.3, 0.4) is 0 Å². The Hall–Kier alpha value is -7.76. The summed E-state index contributed by atoms with van der Waals surface area (Å²) in [5.41, 5.74) is 1.44. The second kappa shape index (κ2) is 46.5. The molecule has 1 aliphatic heterocycles. The Morgan fingerprint density at radius 3 is 1.39 bits per heavy atom. The third-order valence-corrected chi connectivity index (χ3v) is 21.2. The molecule has 0 radical (unpaired) electrons. The van der Waals surface area contributed by atoms with E-state index in [9.17, 15) is 53.1 Å². The Morgan fingerprint density at radius 1 is 0.491 bits per heavy atom. The van der Waals surface area contributed by atoms with E-state index in [0.29, 0.717) is 37.9 Å². The highest BCUT2D eigenvalue weighted by Crippen LogP contribution is 2.23. The Bertz CT molecular complexity index is 3190. The van der Waals surface area contributed by atoms with Crippen LogP contribution in [0.1, 0.15) is 178 Å². The highest BCUT2D eigenvalue weighted by atomic mass is 127. The molecule has 28 heteroatoms. The van der Waals surface area contributed by atoms with Crippen LogP contribution in [0.5, 0.6) is 0 Å². The van der Waals surface area contributed by atoms with E-state index in [1.54, 1.807) is 49.1 Å². The van der Waals surface area contributed by atoms with Gasteiger partial charge >= 0.3 is 0 Å². The van der Waals surface area contributed by atoms with Crippen molar-refractivity contribution in [2.24, 2.45) is 29.6 Å². The molecule has 2 aromatic carbocycles. The topological polar surface area (TPSA) is 346 Å². The van der Waals surface area contributed by atoms with Crippen LogP contribution in [0, 0.1) is 29.6 Å². The van der Waals surface area contributed by atoms with Crippen LogP contribution in [0.4, 0.5) is 0 Å². The second-order valence-electron chi connectivity index (χ2n) is 30.2. The van der Waals surface area contributed by atoms with E-state index in [-0.39, 0.29) is 93.4 Å². The number of unbranched alkanes of at least 4 members (excludes halogenated alkanes) is 1. The van der Waals surface area contributed by atoms with Gasteiger partial charge < -0.3 is 71.7 Å². The number of piperidine rings is 1. The molecule has 12 atom stereocenters. The zero-order valence-electron chi connectivity index (χ0n) is 66.3. The first-order valence-corrected chi connectivity index (χ1v) is 39.1. The molecule has 13 amide bonds. The predicted molar refractivity (Wildman–Crippen MR) is 417 cm³/mol. The van der Waals surface area contributed by atoms with Crippen LogP contribution in [-0.4, -0.2) is 244 Å². The summed E-state index contributed by atoms with van der Waals surface area (Å²) in [6.45, 7) is 22.2. The number of benzene rings is 2. The van der Waals surface area contributed by atoms with Crippen molar-refractivity contribution in [1.82, 2.24) is 66.6 Å². The lowest BCUT2D eigenvalue weighted by Crippen LogP contribution is -2.61. The lowest BCUT2D eigenvalue weighted by atomic mass is 9.98. The molecule has 594 valence electrons. The van der Waals surface area contributed by atoms with Crippen molar-refractivity contribution in [3.05, 3.63) is 71.8 Å². The third-order valence-electron chi connectivity index (χ3n) is 19.4. The largest absolute Gasteiger partial charge is 0.391 e. The minimum atomic E-state index is -1.69. The summed E-state index contributed by atoms with van der Waals surface area (Å²) in [4.78, 5) is 195. The van der Waals surface area contributed by atoms with Gasteiger partial charge in [-0.25, -0.2) is 0 Å². The SMILES string of the molecule is CCCCN(CC(=O)N(C)[C@@H](CC(C)C)C(=O)N[C@@H](CC(C)C)C(=O)N(C)[C@@H](Cc1ccccc1)C(=O)NC)C(=O)[C@@H](NC(=O)[C@H](CC(C)C)N(C)C(=O)[C@H](CCC(=O)NC)NC(=O)[C@H](Cc1ccccc1)N(C)C(=O)[C@@H](CC(C)C)NC(=O)CC(NC(=O)[C@@H](I)[C@@H](C)CC)C(=O)N1CCCCC1)[C@@H](C)O. The van der Waals surface area contributed by atoms with Gasteiger partial charge in [0, 0.05) is 81.2 Å². The van der Waals surface area contributed by atoms with Crippen LogP contribution < -0.4 is 37.2 Å². The molecule has 8 N–H and O–H groups in total. The van der Waals surface area contributed by atoms with Crippen molar-refractivity contribution in [2.45, 2.75) is 244 Å². The van der Waals surface area contributed by atoms with Crippen molar-refractivity contribution in [3.63, 3.8) is 0 Å². The monoisotopic (exact) mass is 1600 g/mol. The van der Waals surface area contributed by atoms with Gasteiger partial charge in [-0.05, 0) is 105 Å². The highest BCUT2D eigenvalue weighted by molar-refractivity contribution is 14.1. The number of halogens is 1. The average molecular weight is 1600 g/mol. The van der Waals surface area contributed by atoms with Gasteiger partial charge in [-0.3, -0.25) is 62.3 Å². The molecule has 106 heavy (non-hydrogen) atoms. The maximum atomic E-state index is 15.2. The first-order valence-electron chi connectivity index (χ1n) is 37.9. The molecule has 1 fully saturated rings. The number of likely N-dealkylation sites (N-methyl/N-ethyl adjacent to an activating group) is 5. The van der Waals surface area contributed by atoms with Gasteiger partial charge in [0.25, 0.3) is 0 Å². The fourth-order valence-electron chi connectivity index (χ4n) is 12.8. The minimum absolute atomic E-state index is 0.0114. The summed E-state index contributed by atoms with van der Waals surface area (Å²) in [6, 6.07) is 6.42. The summed E-state index contributed by atoms with van der Waals surface area (Å²) in [6.07, 6.45) is 2.06. The molecule has 3 rings (SSSR count). The predicted octanol–water partition coefficient (Wildman–Crippen LogP) is 4.92. The molecule has 1 unspecified atom stereocenters. The van der Waals surface area contributed by atoms with Crippen molar-refractivity contribution >= 4 is 99.4 Å². The summed E-state index contributed by atoms with van der Waals surface area (Å²) in [5, 5.41) is 30.7. The molecule has 0 saturated carbocycles. The van der Waals surface area contributed by atoms with Crippen LogP contribution in [0.25, 0.3) is 0 Å². The van der Waals surface area contributed by atoms with Gasteiger partial charge in [-0.1, -0.05) is 172 Å². The van der Waals surface area contributed by atoms with Crippen LogP contribution >= 0.6 is 22.6 Å². The van der Waals surface area contributed by atoms with Gasteiger partial charge in [0.05, 0.1) is 23.0 Å². The summed E-state index contributed by atoms with van der Waals surface area (Å²) < 4.78 is -0.493. The van der Waals surface area contributed by atoms with Gasteiger partial charge in [0.2, 0.25) is 76.8 Å². The first kappa shape index (κ1) is 92.4. The first-order chi connectivity index (χ1) is 49.9. The van der Waals surface area contributed by atoms with Crippen molar-refractivity contribution in [1.29, 1.82) is 0 Å². The van der Waals surface area contributed by atoms with Gasteiger partial charge in [-0.15, -0.1) is 0 Å². The smallest absolute Gasteiger partial charge is 0.248 e. The number of rotatable bonds is 44. The van der Waals surface area contributed by atoms with E-state index in [1.807, 2.05) is 115 Å². The van der Waals surface area contributed by atoms with Crippen molar-refractivity contribution < 1.29 is 67.4 Å². The molecule has 1 aliphatic rings. The zero-order chi connectivity index (χ0) is 79.8. The molecular weight excluding hydrogens is 1470 g/mol. The molecular formula is C78H126IN13O14. The Labute approximate surface area is 643 Å². The molecule has 27 nitrogen and oxygen atoms in total. The zero-order valence-corrected chi connectivity index (χ0v) is 68.4. The minimum Gasteiger partial charge on any atom is -0.391 e. The molecule has 0 aliphatic carbocycles. The Kier molecular flexibility index (Phi) is 40.5. The third kappa shape index (κ3) is 29.8. The maximum Gasteiger partial charge on any atom is 0.248 e. The number of carbonyl (C=O) groups excluding carboxylic acids is 13. The number of aliphatic hydroxyl groups excluding tert-OH is 1. The summed E-state index contributed by atoms with van der Waals surface area (Å²) >= 11 is 2.04. The number of likely N-dealkylation sites (tertiary alicyclic amines) is 1. The number of amides is 13. The Morgan fingerprint density at radius 2 is 0.925 bits per heavy atom. The maximum absolute atomic E-state index is 15.2. The molecule has 1 heterocycles. The number of alkyl halides is 1. The lowest BCUT2D eigenvalue weighted by Gasteiger charge is -2.36. The van der Waals surface area contributed by atoms with E-state index in [0.717, 1.165) is 29.7 Å². The van der Waals surface area contributed by atoms with E-state index in [1.165, 1.54) is 68.8 Å². The number of aliphatic hydroxyl groups is 1. The molecule has 1 saturated heterocycles. The number of nitrogens with one attached hydrogen (secondary N) is 7. The van der Waals surface area contributed by atoms with Gasteiger partial charge in [0.1, 0.15) is 54.4 Å². The number of hydrogen-bond donors (Lipinski definition) is 8. The molecule has 0 bridgehead atoms. The van der Waals surface area contributed by atoms with Crippen molar-refractivity contribution in [2.75, 3.05) is 68.5 Å². The van der Waals surface area contributed by atoms with Crippen LogP contribution in [-0.2, 0) is 75.2 Å². The molecule has 0 aromatic heterocycles. The fourth-order valence-corrected chi connectivity index (χ4v) is 13.5. The quantitative estimate of drug-likeness (QED) is 0.0323. The standard InChI is InChI=1S/C78H126IN13O14/c1-19-21-37-92(47-66(96)87(15)60(42-50(7)8)70(98)84-58(41-49(5)6)76(104)89(17)62(69(97)81-14)44-54-31-25-22-26-32-54)78(106)68(53(12)93)86-72(100)61(43-51(9)10)88(16)74(102)56(35-36-64(94)80-13)83-71(99)63(45-55-33-27-23-28-34-55)90(18)75(103)57(40-48(3)4)82-65(95)46-59(77(105)91-38-29-24-30-39-91)85-73(101)67(79)52(11)20-2/h22-23,25-28,31-34,48-53,56-63,67-68,93H,19-21,24,29-30,35-47H2,1-18H3,(H,80,94)(H,81,97)(H,82,95)(H,83,99)(H,84,98)(H,85,101)(H,86,100)/t52-,53+,56-,57+,58-,59?,60-,61-,62-,63-,67-,68-/m0/s1. The normalized spacial score (nSPS) is 15.7. The highest BCUT2D eigenvalue weighted by Gasteiger charge is 2.42. The fraction of sp³-hybridized carbons (Fsp3) is 0.679. The number of carbonyl (C=O) groups is 13. The van der Waals surface area contributed by atoms with Crippen LogP contribution in [0.2, 0.25) is 0 Å². The number of hydrogen-bond acceptors (Lipinski definition) is 14.